The number of Topliss-reactive ketones (excluding diaryl/α,β-unsaturated/α-hetero) is 1. The van der Waals surface area contributed by atoms with Crippen LogP contribution >= 0.6 is 0 Å². The molecule has 0 radical (unpaired) electrons. The Morgan fingerprint density at radius 1 is 1.03 bits per heavy atom. The highest BCUT2D eigenvalue weighted by molar-refractivity contribution is 6.14. The van der Waals surface area contributed by atoms with E-state index in [4.69, 9.17) is 18.6 Å². The smallest absolute Gasteiger partial charge is 0.202 e. The van der Waals surface area contributed by atoms with Crippen LogP contribution in [0.15, 0.2) is 50.9 Å². The summed E-state index contributed by atoms with van der Waals surface area (Å²) in [6, 6.07) is 4.47. The van der Waals surface area contributed by atoms with Gasteiger partial charge < -0.3 is 18.6 Å². The zero-order chi connectivity index (χ0) is 21.6. The van der Waals surface area contributed by atoms with Gasteiger partial charge in [-0.05, 0) is 19.8 Å². The summed E-state index contributed by atoms with van der Waals surface area (Å²) >= 11 is 0. The molecule has 2 aliphatic rings. The topological polar surface area (TPSA) is 92.0 Å². The fourth-order valence-electron chi connectivity index (χ4n) is 4.42. The third-order valence-corrected chi connectivity index (χ3v) is 6.04. The molecule has 0 fully saturated rings. The molecule has 2 aliphatic carbocycles. The Bertz CT molecular complexity index is 1180. The van der Waals surface area contributed by atoms with Crippen LogP contribution in [0, 0.1) is 5.92 Å². The molecule has 1 heterocycles. The molecule has 2 unspecified atom stereocenters. The molecular weight excluding hydrogens is 388 g/mol. The van der Waals surface area contributed by atoms with Gasteiger partial charge in [-0.15, -0.1) is 0 Å². The highest BCUT2D eigenvalue weighted by Crippen LogP contribution is 2.48. The summed E-state index contributed by atoms with van der Waals surface area (Å²) in [5, 5.41) is 0.250. The predicted molar refractivity (Wildman–Crippen MR) is 109 cm³/mol. The minimum Gasteiger partial charge on any atom is -0.496 e. The fraction of sp³-hybridized carbons (Fsp3) is 0.348. The number of ether oxygens (including phenoxy) is 3. The molecule has 30 heavy (non-hydrogen) atoms. The Balaban J connectivity index is 2.02. The van der Waals surface area contributed by atoms with Gasteiger partial charge in [0.2, 0.25) is 5.78 Å². The SMILES string of the molecule is COC1=CC(=O)C2(c3cc(=O)c4c(OC)cc(OC)cc4o3)CC=C(C)CC2C1=O. The molecule has 4 rings (SSSR count). The number of benzene rings is 1. The molecular formula is C23H22O7. The van der Waals surface area contributed by atoms with Gasteiger partial charge in [-0.2, -0.15) is 0 Å². The maximum Gasteiger partial charge on any atom is 0.202 e. The van der Waals surface area contributed by atoms with E-state index in [2.05, 4.69) is 0 Å². The van der Waals surface area contributed by atoms with E-state index in [0.29, 0.717) is 17.9 Å². The predicted octanol–water partition coefficient (Wildman–Crippen LogP) is 3.09. The molecule has 0 saturated carbocycles. The number of hydrogen-bond acceptors (Lipinski definition) is 7. The van der Waals surface area contributed by atoms with Gasteiger partial charge in [0, 0.05) is 30.2 Å². The first kappa shape index (κ1) is 19.9. The van der Waals surface area contributed by atoms with Gasteiger partial charge in [0.05, 0.1) is 21.3 Å². The Kier molecular flexibility index (Phi) is 4.76. The minimum absolute atomic E-state index is 0.0294. The van der Waals surface area contributed by atoms with Crippen molar-refractivity contribution < 1.29 is 28.2 Å². The molecule has 7 heteroatoms. The van der Waals surface area contributed by atoms with Crippen molar-refractivity contribution in [1.29, 1.82) is 0 Å². The number of carbonyl (C=O) groups excluding carboxylic acids is 2. The molecule has 2 aromatic rings. The Hall–Kier alpha value is -3.35. The van der Waals surface area contributed by atoms with Gasteiger partial charge in [-0.1, -0.05) is 11.6 Å². The van der Waals surface area contributed by atoms with E-state index < -0.39 is 11.3 Å². The van der Waals surface area contributed by atoms with Gasteiger partial charge in [-0.3, -0.25) is 14.4 Å². The zero-order valence-electron chi connectivity index (χ0n) is 17.2. The van der Waals surface area contributed by atoms with Crippen LogP contribution in [0.1, 0.15) is 25.5 Å². The van der Waals surface area contributed by atoms with Crippen LogP contribution < -0.4 is 14.9 Å². The lowest BCUT2D eigenvalue weighted by Gasteiger charge is -2.41. The van der Waals surface area contributed by atoms with Crippen molar-refractivity contribution in [2.45, 2.75) is 25.2 Å². The van der Waals surface area contributed by atoms with Crippen molar-refractivity contribution in [3.05, 3.63) is 57.7 Å². The van der Waals surface area contributed by atoms with Crippen molar-refractivity contribution in [2.24, 2.45) is 5.92 Å². The average molecular weight is 410 g/mol. The van der Waals surface area contributed by atoms with E-state index in [1.165, 1.54) is 33.5 Å². The molecule has 7 nitrogen and oxygen atoms in total. The van der Waals surface area contributed by atoms with Crippen LogP contribution in [0.2, 0.25) is 0 Å². The lowest BCUT2D eigenvalue weighted by molar-refractivity contribution is -0.135. The average Bonchev–Trinajstić information content (AvgIpc) is 2.75. The van der Waals surface area contributed by atoms with Crippen LogP contribution in [0.5, 0.6) is 11.5 Å². The van der Waals surface area contributed by atoms with Crippen molar-refractivity contribution in [3.8, 4) is 11.5 Å². The summed E-state index contributed by atoms with van der Waals surface area (Å²) < 4.78 is 21.9. The van der Waals surface area contributed by atoms with Crippen LogP contribution in [0.3, 0.4) is 0 Å². The molecule has 0 bridgehead atoms. The van der Waals surface area contributed by atoms with Crippen LogP contribution in [0.25, 0.3) is 11.0 Å². The number of fused-ring (bicyclic) bond motifs is 2. The number of methoxy groups -OCH3 is 3. The molecule has 0 saturated heterocycles. The van der Waals surface area contributed by atoms with Crippen molar-refractivity contribution in [1.82, 2.24) is 0 Å². The molecule has 1 aromatic heterocycles. The maximum absolute atomic E-state index is 13.3. The van der Waals surface area contributed by atoms with Crippen LogP contribution in [-0.4, -0.2) is 32.9 Å². The second kappa shape index (κ2) is 7.16. The number of allylic oxidation sites excluding steroid dienone is 4. The van der Waals surface area contributed by atoms with E-state index in [1.807, 2.05) is 13.0 Å². The van der Waals surface area contributed by atoms with E-state index in [-0.39, 0.29) is 45.9 Å². The Morgan fingerprint density at radius 2 is 1.80 bits per heavy atom. The molecule has 0 amide bonds. The number of hydrogen-bond donors (Lipinski definition) is 0. The molecule has 0 aliphatic heterocycles. The molecule has 156 valence electrons. The number of ketones is 2. The van der Waals surface area contributed by atoms with E-state index in [1.54, 1.807) is 12.1 Å². The minimum atomic E-state index is -1.29. The lowest BCUT2D eigenvalue weighted by Crippen LogP contribution is -2.51. The molecule has 0 N–H and O–H groups in total. The standard InChI is InChI=1S/C23H22O7/c1-12-5-6-23(14(7-12)22(26)18(29-4)11-19(23)25)20-10-15(24)21-16(28-3)8-13(27-2)9-17(21)30-20/h5,8-11,14H,6-7H2,1-4H3. The summed E-state index contributed by atoms with van der Waals surface area (Å²) in [6.45, 7) is 1.92. The second-order valence-corrected chi connectivity index (χ2v) is 7.60. The third-order valence-electron chi connectivity index (χ3n) is 6.04. The Labute approximate surface area is 172 Å². The van der Waals surface area contributed by atoms with Crippen molar-refractivity contribution in [2.75, 3.05) is 21.3 Å². The monoisotopic (exact) mass is 410 g/mol. The largest absolute Gasteiger partial charge is 0.496 e. The maximum atomic E-state index is 13.3. The summed E-state index contributed by atoms with van der Waals surface area (Å²) in [6.07, 6.45) is 3.78. The highest BCUT2D eigenvalue weighted by atomic mass is 16.5. The lowest BCUT2D eigenvalue weighted by atomic mass is 9.59. The van der Waals surface area contributed by atoms with E-state index >= 15 is 0 Å². The summed E-state index contributed by atoms with van der Waals surface area (Å²) in [4.78, 5) is 39.4. The second-order valence-electron chi connectivity index (χ2n) is 7.60. The summed E-state index contributed by atoms with van der Waals surface area (Å²) in [7, 11) is 4.31. The highest BCUT2D eigenvalue weighted by Gasteiger charge is 2.56. The van der Waals surface area contributed by atoms with Gasteiger partial charge in [0.15, 0.2) is 17.0 Å². The van der Waals surface area contributed by atoms with E-state index in [9.17, 15) is 14.4 Å². The van der Waals surface area contributed by atoms with Crippen molar-refractivity contribution in [3.63, 3.8) is 0 Å². The Morgan fingerprint density at radius 3 is 2.47 bits per heavy atom. The summed E-state index contributed by atoms with van der Waals surface area (Å²) in [5.41, 5.74) is -0.412. The number of carbonyl (C=O) groups is 2. The third kappa shape index (κ3) is 2.76. The molecule has 1 aromatic carbocycles. The zero-order valence-corrected chi connectivity index (χ0v) is 17.2. The van der Waals surface area contributed by atoms with Gasteiger partial charge in [0.25, 0.3) is 0 Å². The molecule has 0 spiro atoms. The summed E-state index contributed by atoms with van der Waals surface area (Å²) in [5.74, 6) is -0.342. The fourth-order valence-corrected chi connectivity index (χ4v) is 4.42. The molecule has 2 atom stereocenters. The van der Waals surface area contributed by atoms with Crippen molar-refractivity contribution >= 4 is 22.5 Å². The van der Waals surface area contributed by atoms with Crippen LogP contribution in [-0.2, 0) is 19.7 Å². The normalized spacial score (nSPS) is 23.5. The van der Waals surface area contributed by atoms with Crippen LogP contribution in [0.4, 0.5) is 0 Å². The van der Waals surface area contributed by atoms with Gasteiger partial charge in [0.1, 0.15) is 33.6 Å². The van der Waals surface area contributed by atoms with E-state index in [0.717, 1.165) is 5.57 Å². The van der Waals surface area contributed by atoms with Gasteiger partial charge in [-0.25, -0.2) is 0 Å². The van der Waals surface area contributed by atoms with Gasteiger partial charge >= 0.3 is 0 Å². The first-order valence-corrected chi connectivity index (χ1v) is 9.56. The quantitative estimate of drug-likeness (QED) is 0.715. The first-order valence-electron chi connectivity index (χ1n) is 9.56. The first-order chi connectivity index (χ1) is 14.3. The number of rotatable bonds is 4.